The van der Waals surface area contributed by atoms with Crippen molar-refractivity contribution in [3.05, 3.63) is 48.6 Å². The van der Waals surface area contributed by atoms with Crippen LogP contribution in [0.3, 0.4) is 0 Å². The van der Waals surface area contributed by atoms with E-state index in [1.807, 2.05) is 18.2 Å². The van der Waals surface area contributed by atoms with Crippen molar-refractivity contribution in [3.8, 4) is 5.75 Å². The molecule has 0 aliphatic carbocycles. The molecule has 1 aromatic carbocycles. The second kappa shape index (κ2) is 7.18. The number of hydrogen-bond acceptors (Lipinski definition) is 1. The topological polar surface area (TPSA) is 20.2 Å². The van der Waals surface area contributed by atoms with E-state index in [-0.39, 0.29) is 5.41 Å². The monoisotopic (exact) mass is 258 g/mol. The van der Waals surface area contributed by atoms with Gasteiger partial charge < -0.3 is 5.11 Å². The predicted molar refractivity (Wildman–Crippen MR) is 84.1 cm³/mol. The molecule has 1 N–H and O–H groups in total. The minimum Gasteiger partial charge on any atom is -0.508 e. The minimum absolute atomic E-state index is 0.0484. The van der Waals surface area contributed by atoms with Gasteiger partial charge in [0.05, 0.1) is 0 Å². The van der Waals surface area contributed by atoms with E-state index in [2.05, 4.69) is 39.5 Å². The van der Waals surface area contributed by atoms with Gasteiger partial charge in [-0.05, 0) is 30.0 Å². The maximum absolute atomic E-state index is 9.26. The summed E-state index contributed by atoms with van der Waals surface area (Å²) in [6.07, 6.45) is 9.97. The van der Waals surface area contributed by atoms with E-state index < -0.39 is 0 Å². The molecule has 0 amide bonds. The molecule has 0 heterocycles. The SMILES string of the molecule is C=CC(C)(C=Cc1ccc(O)cc1)CCCC(C)C. The Morgan fingerprint density at radius 3 is 2.42 bits per heavy atom. The largest absolute Gasteiger partial charge is 0.508 e. The highest BCUT2D eigenvalue weighted by atomic mass is 16.3. The van der Waals surface area contributed by atoms with Crippen LogP contribution in [0.4, 0.5) is 0 Å². The highest BCUT2D eigenvalue weighted by Gasteiger charge is 2.15. The molecular weight excluding hydrogens is 232 g/mol. The Hall–Kier alpha value is -1.50. The Balaban J connectivity index is 2.63. The first-order valence-corrected chi connectivity index (χ1v) is 7.07. The van der Waals surface area contributed by atoms with Crippen LogP contribution in [0.1, 0.15) is 45.6 Å². The van der Waals surface area contributed by atoms with Crippen LogP contribution in [-0.2, 0) is 0 Å². The maximum atomic E-state index is 9.26. The summed E-state index contributed by atoms with van der Waals surface area (Å²) >= 11 is 0. The lowest BCUT2D eigenvalue weighted by Crippen LogP contribution is -2.09. The van der Waals surface area contributed by atoms with Crippen LogP contribution in [0.15, 0.2) is 43.0 Å². The summed E-state index contributed by atoms with van der Waals surface area (Å²) in [5, 5.41) is 9.26. The third-order valence-corrected chi connectivity index (χ3v) is 3.51. The fourth-order valence-electron chi connectivity index (χ4n) is 2.02. The van der Waals surface area contributed by atoms with Gasteiger partial charge in [0.25, 0.3) is 0 Å². The van der Waals surface area contributed by atoms with E-state index in [0.29, 0.717) is 5.75 Å². The van der Waals surface area contributed by atoms with Gasteiger partial charge in [0.15, 0.2) is 0 Å². The van der Waals surface area contributed by atoms with Crippen LogP contribution in [0.5, 0.6) is 5.75 Å². The zero-order valence-electron chi connectivity index (χ0n) is 12.4. The Labute approximate surface area is 117 Å². The molecule has 0 aliphatic rings. The smallest absolute Gasteiger partial charge is 0.115 e. The van der Waals surface area contributed by atoms with Crippen molar-refractivity contribution in [2.24, 2.45) is 11.3 Å². The molecule has 0 saturated carbocycles. The van der Waals surface area contributed by atoms with Crippen LogP contribution in [0, 0.1) is 11.3 Å². The molecule has 0 bridgehead atoms. The van der Waals surface area contributed by atoms with Crippen LogP contribution in [0.25, 0.3) is 6.08 Å². The summed E-state index contributed by atoms with van der Waals surface area (Å²) in [5.41, 5.74) is 1.15. The Bertz CT molecular complexity index is 414. The molecule has 0 aromatic heterocycles. The summed E-state index contributed by atoms with van der Waals surface area (Å²) in [7, 11) is 0. The molecule has 1 nitrogen and oxygen atoms in total. The second-order valence-corrected chi connectivity index (χ2v) is 5.92. The lowest BCUT2D eigenvalue weighted by Gasteiger charge is -2.22. The number of hydrogen-bond donors (Lipinski definition) is 1. The average molecular weight is 258 g/mol. The van der Waals surface area contributed by atoms with Crippen LogP contribution >= 0.6 is 0 Å². The molecule has 1 rings (SSSR count). The summed E-state index contributed by atoms with van der Waals surface area (Å²) in [5.74, 6) is 1.07. The maximum Gasteiger partial charge on any atom is 0.115 e. The predicted octanol–water partition coefficient (Wildman–Crippen LogP) is 5.42. The van der Waals surface area contributed by atoms with Crippen molar-refractivity contribution in [2.75, 3.05) is 0 Å². The van der Waals surface area contributed by atoms with Gasteiger partial charge in [0.1, 0.15) is 5.75 Å². The van der Waals surface area contributed by atoms with Gasteiger partial charge in [-0.3, -0.25) is 0 Å². The number of phenols is 1. The standard InChI is InChI=1S/C18H26O/c1-5-18(4,13-6-7-15(2)3)14-12-16-8-10-17(19)11-9-16/h5,8-12,14-15,19H,1,6-7,13H2,2-4H3. The van der Waals surface area contributed by atoms with Gasteiger partial charge in [-0.25, -0.2) is 0 Å². The van der Waals surface area contributed by atoms with Gasteiger partial charge in [-0.2, -0.15) is 0 Å². The molecule has 0 saturated heterocycles. The fourth-order valence-corrected chi connectivity index (χ4v) is 2.02. The van der Waals surface area contributed by atoms with Crippen molar-refractivity contribution in [1.82, 2.24) is 0 Å². The molecule has 1 atom stereocenters. The summed E-state index contributed by atoms with van der Waals surface area (Å²) in [4.78, 5) is 0. The quantitative estimate of drug-likeness (QED) is 0.647. The fraction of sp³-hybridized carbons (Fsp3) is 0.444. The molecule has 19 heavy (non-hydrogen) atoms. The van der Waals surface area contributed by atoms with E-state index in [0.717, 1.165) is 17.9 Å². The second-order valence-electron chi connectivity index (χ2n) is 5.92. The van der Waals surface area contributed by atoms with E-state index in [4.69, 9.17) is 0 Å². The summed E-state index contributed by atoms with van der Waals surface area (Å²) in [6, 6.07) is 7.26. The zero-order chi connectivity index (χ0) is 14.3. The van der Waals surface area contributed by atoms with Crippen molar-refractivity contribution in [2.45, 2.75) is 40.0 Å². The van der Waals surface area contributed by atoms with Gasteiger partial charge in [0, 0.05) is 5.41 Å². The van der Waals surface area contributed by atoms with Gasteiger partial charge in [-0.15, -0.1) is 6.58 Å². The molecular formula is C18H26O. The van der Waals surface area contributed by atoms with Gasteiger partial charge in [-0.1, -0.05) is 64.0 Å². The molecule has 0 radical (unpaired) electrons. The van der Waals surface area contributed by atoms with Gasteiger partial charge in [0.2, 0.25) is 0 Å². The normalized spacial score (nSPS) is 14.7. The first-order valence-electron chi connectivity index (χ1n) is 7.07. The first-order chi connectivity index (χ1) is 8.95. The van der Waals surface area contributed by atoms with E-state index in [1.54, 1.807) is 12.1 Å². The molecule has 0 fully saturated rings. The first kappa shape index (κ1) is 15.6. The number of allylic oxidation sites excluding steroid dienone is 2. The summed E-state index contributed by atoms with van der Waals surface area (Å²) in [6.45, 7) is 10.7. The third-order valence-electron chi connectivity index (χ3n) is 3.51. The highest BCUT2D eigenvalue weighted by molar-refractivity contribution is 5.51. The number of aromatic hydroxyl groups is 1. The number of benzene rings is 1. The van der Waals surface area contributed by atoms with Crippen LogP contribution in [-0.4, -0.2) is 5.11 Å². The number of phenolic OH excluding ortho intramolecular Hbond substituents is 1. The van der Waals surface area contributed by atoms with Crippen LogP contribution < -0.4 is 0 Å². The summed E-state index contributed by atoms with van der Waals surface area (Å²) < 4.78 is 0. The van der Waals surface area contributed by atoms with Crippen molar-refractivity contribution < 1.29 is 5.11 Å². The molecule has 104 valence electrons. The molecule has 1 unspecified atom stereocenters. The molecule has 0 spiro atoms. The molecule has 0 aliphatic heterocycles. The van der Waals surface area contributed by atoms with E-state index in [9.17, 15) is 5.11 Å². The van der Waals surface area contributed by atoms with E-state index in [1.165, 1.54) is 12.8 Å². The lowest BCUT2D eigenvalue weighted by atomic mass is 9.83. The third kappa shape index (κ3) is 5.78. The Kier molecular flexibility index (Phi) is 5.88. The molecule has 1 aromatic rings. The Morgan fingerprint density at radius 2 is 1.89 bits per heavy atom. The zero-order valence-corrected chi connectivity index (χ0v) is 12.4. The van der Waals surface area contributed by atoms with E-state index >= 15 is 0 Å². The van der Waals surface area contributed by atoms with Crippen molar-refractivity contribution >= 4 is 6.08 Å². The highest BCUT2D eigenvalue weighted by Crippen LogP contribution is 2.29. The van der Waals surface area contributed by atoms with Crippen molar-refractivity contribution in [3.63, 3.8) is 0 Å². The number of rotatable bonds is 7. The minimum atomic E-state index is 0.0484. The van der Waals surface area contributed by atoms with Gasteiger partial charge >= 0.3 is 0 Å². The lowest BCUT2D eigenvalue weighted by molar-refractivity contribution is 0.436. The Morgan fingerprint density at radius 1 is 1.26 bits per heavy atom. The molecule has 1 heteroatoms. The van der Waals surface area contributed by atoms with Crippen LogP contribution in [0.2, 0.25) is 0 Å². The average Bonchev–Trinajstić information content (AvgIpc) is 2.38. The van der Waals surface area contributed by atoms with Crippen molar-refractivity contribution in [1.29, 1.82) is 0 Å².